The number of rotatable bonds is 1. The number of halogens is 1. The van der Waals surface area contributed by atoms with Crippen LogP contribution >= 0.6 is 0 Å². The number of nitrogens with two attached hydrogens (primary N) is 1. The van der Waals surface area contributed by atoms with Crippen molar-refractivity contribution in [1.29, 1.82) is 0 Å². The highest BCUT2D eigenvalue weighted by Gasteiger charge is 2.20. The molecular formula is C12H12FN. The normalized spacial score (nSPS) is 21.4. The van der Waals surface area contributed by atoms with Crippen LogP contribution in [0.2, 0.25) is 0 Å². The molecule has 0 amide bonds. The van der Waals surface area contributed by atoms with E-state index in [0.29, 0.717) is 5.56 Å². The SMILES string of the molecule is C#CC(F)c1ccc2c(c1)C(N)CC2. The van der Waals surface area contributed by atoms with Gasteiger partial charge in [-0.15, -0.1) is 6.42 Å². The molecule has 1 aliphatic carbocycles. The van der Waals surface area contributed by atoms with Crippen molar-refractivity contribution in [2.45, 2.75) is 25.1 Å². The van der Waals surface area contributed by atoms with E-state index < -0.39 is 6.17 Å². The summed E-state index contributed by atoms with van der Waals surface area (Å²) in [6.45, 7) is 0. The third-order valence-electron chi connectivity index (χ3n) is 2.73. The lowest BCUT2D eigenvalue weighted by molar-refractivity contribution is 0.428. The van der Waals surface area contributed by atoms with Crippen LogP contribution in [0.25, 0.3) is 0 Å². The van der Waals surface area contributed by atoms with Crippen LogP contribution in [0.1, 0.15) is 35.3 Å². The van der Waals surface area contributed by atoms with Gasteiger partial charge in [0.05, 0.1) is 0 Å². The van der Waals surface area contributed by atoms with Gasteiger partial charge < -0.3 is 5.73 Å². The molecule has 0 bridgehead atoms. The van der Waals surface area contributed by atoms with Crippen LogP contribution in [-0.2, 0) is 6.42 Å². The summed E-state index contributed by atoms with van der Waals surface area (Å²) in [6, 6.07) is 5.54. The summed E-state index contributed by atoms with van der Waals surface area (Å²) in [5.41, 5.74) is 8.71. The van der Waals surface area contributed by atoms with Gasteiger partial charge >= 0.3 is 0 Å². The molecule has 2 unspecified atom stereocenters. The molecule has 0 spiro atoms. The van der Waals surface area contributed by atoms with E-state index in [2.05, 4.69) is 5.92 Å². The predicted molar refractivity (Wildman–Crippen MR) is 54.4 cm³/mol. The van der Waals surface area contributed by atoms with Crippen LogP contribution in [0.4, 0.5) is 4.39 Å². The van der Waals surface area contributed by atoms with Gasteiger partial charge in [-0.3, -0.25) is 0 Å². The zero-order valence-electron chi connectivity index (χ0n) is 7.83. The zero-order chi connectivity index (χ0) is 10.1. The molecule has 14 heavy (non-hydrogen) atoms. The van der Waals surface area contributed by atoms with Crippen LogP contribution < -0.4 is 5.73 Å². The average molecular weight is 189 g/mol. The van der Waals surface area contributed by atoms with Crippen molar-refractivity contribution in [3.05, 3.63) is 34.9 Å². The molecule has 0 saturated heterocycles. The van der Waals surface area contributed by atoms with Crippen LogP contribution in [0.3, 0.4) is 0 Å². The Labute approximate surface area is 83.1 Å². The quantitative estimate of drug-likeness (QED) is 0.674. The maximum atomic E-state index is 13.2. The van der Waals surface area contributed by atoms with Crippen LogP contribution in [-0.4, -0.2) is 0 Å². The molecule has 72 valence electrons. The highest BCUT2D eigenvalue weighted by molar-refractivity contribution is 5.39. The number of hydrogen-bond donors (Lipinski definition) is 1. The summed E-state index contributed by atoms with van der Waals surface area (Å²) >= 11 is 0. The maximum Gasteiger partial charge on any atom is 0.185 e. The smallest absolute Gasteiger partial charge is 0.185 e. The van der Waals surface area contributed by atoms with E-state index in [1.165, 1.54) is 5.56 Å². The summed E-state index contributed by atoms with van der Waals surface area (Å²) < 4.78 is 13.2. The van der Waals surface area contributed by atoms with Crippen molar-refractivity contribution < 1.29 is 4.39 Å². The third-order valence-corrected chi connectivity index (χ3v) is 2.73. The second-order valence-corrected chi connectivity index (χ2v) is 3.63. The van der Waals surface area contributed by atoms with Crippen LogP contribution in [0.15, 0.2) is 18.2 Å². The van der Waals surface area contributed by atoms with Gasteiger partial charge in [-0.1, -0.05) is 24.1 Å². The van der Waals surface area contributed by atoms with Crippen molar-refractivity contribution >= 4 is 0 Å². The predicted octanol–water partition coefficient (Wildman–Crippen LogP) is 2.28. The minimum Gasteiger partial charge on any atom is -0.324 e. The molecule has 2 heteroatoms. The van der Waals surface area contributed by atoms with Crippen molar-refractivity contribution in [3.8, 4) is 12.3 Å². The minimum atomic E-state index is -1.31. The number of hydrogen-bond acceptors (Lipinski definition) is 1. The number of aryl methyl sites for hydroxylation is 1. The Bertz CT molecular complexity index is 392. The Morgan fingerprint density at radius 3 is 3.07 bits per heavy atom. The van der Waals surface area contributed by atoms with Crippen molar-refractivity contribution in [1.82, 2.24) is 0 Å². The Morgan fingerprint density at radius 2 is 2.36 bits per heavy atom. The van der Waals surface area contributed by atoms with Gasteiger partial charge in [0.25, 0.3) is 0 Å². The van der Waals surface area contributed by atoms with E-state index >= 15 is 0 Å². The fraction of sp³-hybridized carbons (Fsp3) is 0.333. The van der Waals surface area contributed by atoms with Gasteiger partial charge in [-0.05, 0) is 29.5 Å². The highest BCUT2D eigenvalue weighted by atomic mass is 19.1. The Hall–Kier alpha value is -1.33. The molecule has 0 aromatic heterocycles. The van der Waals surface area contributed by atoms with E-state index in [9.17, 15) is 4.39 Å². The molecular weight excluding hydrogens is 177 g/mol. The molecule has 1 aliphatic rings. The first-order chi connectivity index (χ1) is 6.72. The van der Waals surface area contributed by atoms with Crippen LogP contribution in [0, 0.1) is 12.3 Å². The van der Waals surface area contributed by atoms with E-state index in [-0.39, 0.29) is 6.04 Å². The number of alkyl halides is 1. The first-order valence-electron chi connectivity index (χ1n) is 4.71. The molecule has 0 radical (unpaired) electrons. The second-order valence-electron chi connectivity index (χ2n) is 3.63. The summed E-state index contributed by atoms with van der Waals surface area (Å²) in [5.74, 6) is 2.08. The van der Waals surface area contributed by atoms with Crippen LogP contribution in [0.5, 0.6) is 0 Å². The Kier molecular flexibility index (Phi) is 2.26. The van der Waals surface area contributed by atoms with Gasteiger partial charge in [-0.2, -0.15) is 0 Å². The number of benzene rings is 1. The molecule has 1 nitrogen and oxygen atoms in total. The highest BCUT2D eigenvalue weighted by Crippen LogP contribution is 2.31. The molecule has 2 atom stereocenters. The van der Waals surface area contributed by atoms with E-state index in [1.807, 2.05) is 6.07 Å². The molecule has 2 N–H and O–H groups in total. The summed E-state index contributed by atoms with van der Waals surface area (Å²) in [6.07, 6.45) is 5.66. The monoisotopic (exact) mass is 189 g/mol. The second kappa shape index (κ2) is 3.43. The van der Waals surface area contributed by atoms with Crippen molar-refractivity contribution in [2.75, 3.05) is 0 Å². The molecule has 0 heterocycles. The van der Waals surface area contributed by atoms with Crippen molar-refractivity contribution in [2.24, 2.45) is 5.73 Å². The average Bonchev–Trinajstić information content (AvgIpc) is 2.59. The molecule has 0 aliphatic heterocycles. The largest absolute Gasteiger partial charge is 0.324 e. The summed E-state index contributed by atoms with van der Waals surface area (Å²) in [5, 5.41) is 0. The Balaban J connectivity index is 2.41. The third kappa shape index (κ3) is 1.40. The van der Waals surface area contributed by atoms with E-state index in [0.717, 1.165) is 18.4 Å². The fourth-order valence-electron chi connectivity index (χ4n) is 1.91. The van der Waals surface area contributed by atoms with Gasteiger partial charge in [0.15, 0.2) is 6.17 Å². The summed E-state index contributed by atoms with van der Waals surface area (Å²) in [4.78, 5) is 0. The summed E-state index contributed by atoms with van der Waals surface area (Å²) in [7, 11) is 0. The van der Waals surface area contributed by atoms with Gasteiger partial charge in [0, 0.05) is 6.04 Å². The zero-order valence-corrected chi connectivity index (χ0v) is 7.83. The molecule has 0 saturated carbocycles. The maximum absolute atomic E-state index is 13.2. The number of fused-ring (bicyclic) bond motifs is 1. The fourth-order valence-corrected chi connectivity index (χ4v) is 1.91. The van der Waals surface area contributed by atoms with E-state index in [4.69, 9.17) is 12.2 Å². The molecule has 1 aromatic rings. The van der Waals surface area contributed by atoms with E-state index in [1.54, 1.807) is 12.1 Å². The van der Waals surface area contributed by atoms with Gasteiger partial charge in [0.2, 0.25) is 0 Å². The first-order valence-corrected chi connectivity index (χ1v) is 4.71. The topological polar surface area (TPSA) is 26.0 Å². The molecule has 0 fully saturated rings. The lowest BCUT2D eigenvalue weighted by atomic mass is 10.0. The lowest BCUT2D eigenvalue weighted by Crippen LogP contribution is -2.05. The van der Waals surface area contributed by atoms with Gasteiger partial charge in [-0.25, -0.2) is 4.39 Å². The van der Waals surface area contributed by atoms with Gasteiger partial charge in [0.1, 0.15) is 0 Å². The molecule has 2 rings (SSSR count). The number of terminal acetylenes is 1. The lowest BCUT2D eigenvalue weighted by Gasteiger charge is -2.08. The Morgan fingerprint density at radius 1 is 1.57 bits per heavy atom. The standard InChI is InChI=1S/C12H12FN/c1-2-11(13)9-4-3-8-5-6-12(14)10(8)7-9/h1,3-4,7,11-12H,5-6,14H2. The first kappa shape index (κ1) is 9.23. The molecule has 1 aromatic carbocycles. The van der Waals surface area contributed by atoms with Crippen molar-refractivity contribution in [3.63, 3.8) is 0 Å². The minimum absolute atomic E-state index is 0.0509.